The van der Waals surface area contributed by atoms with E-state index < -0.39 is 0 Å². The van der Waals surface area contributed by atoms with E-state index in [1.165, 1.54) is 22.4 Å². The number of benzene rings is 2. The summed E-state index contributed by atoms with van der Waals surface area (Å²) in [6.07, 6.45) is 1.14. The van der Waals surface area contributed by atoms with E-state index in [9.17, 15) is 0 Å². The van der Waals surface area contributed by atoms with Gasteiger partial charge in [0.05, 0.1) is 6.54 Å². The third-order valence-corrected chi connectivity index (χ3v) is 4.25. The van der Waals surface area contributed by atoms with Crippen LogP contribution >= 0.6 is 24.0 Å². The van der Waals surface area contributed by atoms with E-state index in [0.717, 1.165) is 19.5 Å². The van der Waals surface area contributed by atoms with Crippen LogP contribution in [0.4, 0.5) is 5.69 Å². The van der Waals surface area contributed by atoms with Gasteiger partial charge < -0.3 is 16.0 Å². The Morgan fingerprint density at radius 3 is 2.52 bits per heavy atom. The van der Waals surface area contributed by atoms with Crippen LogP contribution in [-0.2, 0) is 19.5 Å². The molecule has 1 heterocycles. The van der Waals surface area contributed by atoms with E-state index in [2.05, 4.69) is 63.7 Å². The Morgan fingerprint density at radius 2 is 1.80 bits per heavy atom. The van der Waals surface area contributed by atoms with Crippen LogP contribution in [0.5, 0.6) is 0 Å². The lowest BCUT2D eigenvalue weighted by Gasteiger charge is -2.19. The van der Waals surface area contributed by atoms with Crippen molar-refractivity contribution in [3.05, 3.63) is 65.2 Å². The van der Waals surface area contributed by atoms with E-state index in [1.807, 2.05) is 13.8 Å². The molecule has 0 atom stereocenters. The van der Waals surface area contributed by atoms with Crippen LogP contribution in [-0.4, -0.2) is 18.5 Å². The van der Waals surface area contributed by atoms with Gasteiger partial charge in [0.25, 0.3) is 0 Å². The quantitative estimate of drug-likeness (QED) is 0.415. The van der Waals surface area contributed by atoms with Crippen LogP contribution in [0.3, 0.4) is 0 Å². The van der Waals surface area contributed by atoms with Crippen LogP contribution in [0.1, 0.15) is 30.5 Å². The maximum Gasteiger partial charge on any atom is 0.189 e. The maximum atomic E-state index is 5.84. The minimum absolute atomic E-state index is 0. The van der Waals surface area contributed by atoms with Gasteiger partial charge in [-0.3, -0.25) is 0 Å². The Morgan fingerprint density at radius 1 is 1.12 bits per heavy atom. The first-order chi connectivity index (χ1) is 11.6. The highest BCUT2D eigenvalue weighted by molar-refractivity contribution is 14.0. The zero-order valence-corrected chi connectivity index (χ0v) is 17.2. The number of para-hydroxylation sites is 1. The Kier molecular flexibility index (Phi) is 7.11. The molecule has 0 fully saturated rings. The molecule has 0 radical (unpaired) electrons. The zero-order valence-electron chi connectivity index (χ0n) is 14.9. The van der Waals surface area contributed by atoms with Crippen molar-refractivity contribution in [2.45, 2.75) is 39.4 Å². The SMILES string of the molecule is CC(C)NC(N)=NCc1ccc(CN2CCc3ccccc32)cc1.I. The fraction of sp³-hybridized carbons (Fsp3) is 0.350. The van der Waals surface area contributed by atoms with E-state index in [4.69, 9.17) is 5.73 Å². The average Bonchev–Trinajstić information content (AvgIpc) is 2.97. The number of hydrogen-bond acceptors (Lipinski definition) is 2. The molecule has 0 saturated carbocycles. The first-order valence-corrected chi connectivity index (χ1v) is 8.59. The van der Waals surface area contributed by atoms with Crippen molar-refractivity contribution in [1.29, 1.82) is 0 Å². The van der Waals surface area contributed by atoms with E-state index in [1.54, 1.807) is 0 Å². The average molecular weight is 450 g/mol. The molecule has 0 bridgehead atoms. The predicted molar refractivity (Wildman–Crippen MR) is 117 cm³/mol. The summed E-state index contributed by atoms with van der Waals surface area (Å²) in [5.74, 6) is 0.503. The Bertz CT molecular complexity index is 710. The number of fused-ring (bicyclic) bond motifs is 1. The number of nitrogens with one attached hydrogen (secondary N) is 1. The second-order valence-electron chi connectivity index (χ2n) is 6.62. The van der Waals surface area contributed by atoms with Gasteiger partial charge >= 0.3 is 0 Å². The summed E-state index contributed by atoms with van der Waals surface area (Å²) in [5.41, 5.74) is 11.2. The van der Waals surface area contributed by atoms with Gasteiger partial charge in [0.2, 0.25) is 0 Å². The van der Waals surface area contributed by atoms with Crippen LogP contribution in [0.2, 0.25) is 0 Å². The van der Waals surface area contributed by atoms with Crippen molar-refractivity contribution in [3.8, 4) is 0 Å². The van der Waals surface area contributed by atoms with E-state index in [0.29, 0.717) is 18.5 Å². The second-order valence-corrected chi connectivity index (χ2v) is 6.62. The predicted octanol–water partition coefficient (Wildman–Crippen LogP) is 3.68. The minimum atomic E-state index is 0. The monoisotopic (exact) mass is 450 g/mol. The highest BCUT2D eigenvalue weighted by atomic mass is 127. The Hall–Kier alpha value is -1.76. The molecule has 1 aliphatic rings. The molecule has 1 aliphatic heterocycles. The van der Waals surface area contributed by atoms with Crippen molar-refractivity contribution in [2.75, 3.05) is 11.4 Å². The third-order valence-electron chi connectivity index (χ3n) is 4.25. The highest BCUT2D eigenvalue weighted by Crippen LogP contribution is 2.28. The molecule has 0 unspecified atom stereocenters. The molecule has 2 aromatic rings. The smallest absolute Gasteiger partial charge is 0.189 e. The molecular formula is C20H27IN4. The van der Waals surface area contributed by atoms with Crippen molar-refractivity contribution < 1.29 is 0 Å². The highest BCUT2D eigenvalue weighted by Gasteiger charge is 2.17. The van der Waals surface area contributed by atoms with Gasteiger partial charge in [0, 0.05) is 24.8 Å². The van der Waals surface area contributed by atoms with Crippen LogP contribution in [0.25, 0.3) is 0 Å². The van der Waals surface area contributed by atoms with Gasteiger partial charge in [-0.15, -0.1) is 24.0 Å². The van der Waals surface area contributed by atoms with Crippen LogP contribution < -0.4 is 16.0 Å². The lowest BCUT2D eigenvalue weighted by Crippen LogP contribution is -2.36. The van der Waals surface area contributed by atoms with E-state index >= 15 is 0 Å². The number of hydrogen-bond donors (Lipinski definition) is 2. The molecule has 2 aromatic carbocycles. The summed E-state index contributed by atoms with van der Waals surface area (Å²) in [6.45, 7) is 6.76. The molecule has 25 heavy (non-hydrogen) atoms. The summed E-state index contributed by atoms with van der Waals surface area (Å²) in [6, 6.07) is 17.7. The van der Waals surface area contributed by atoms with Crippen molar-refractivity contribution in [3.63, 3.8) is 0 Å². The normalized spacial score (nSPS) is 13.6. The number of rotatable bonds is 5. The molecule has 0 aromatic heterocycles. The molecule has 3 N–H and O–H groups in total. The van der Waals surface area contributed by atoms with Gasteiger partial charge in [-0.2, -0.15) is 0 Å². The van der Waals surface area contributed by atoms with Gasteiger partial charge in [-0.1, -0.05) is 42.5 Å². The lowest BCUT2D eigenvalue weighted by atomic mass is 10.1. The summed E-state index contributed by atoms with van der Waals surface area (Å²) in [5, 5.41) is 3.10. The second kappa shape index (κ2) is 9.08. The Labute approximate surface area is 167 Å². The number of anilines is 1. The number of halogens is 1. The molecule has 3 rings (SSSR count). The van der Waals surface area contributed by atoms with Gasteiger partial charge in [-0.25, -0.2) is 4.99 Å². The molecule has 0 aliphatic carbocycles. The summed E-state index contributed by atoms with van der Waals surface area (Å²) in [7, 11) is 0. The van der Waals surface area contributed by atoms with Crippen molar-refractivity contribution in [1.82, 2.24) is 5.32 Å². The van der Waals surface area contributed by atoms with Gasteiger partial charge in [0.15, 0.2) is 5.96 Å². The number of nitrogens with zero attached hydrogens (tertiary/aromatic N) is 2. The fourth-order valence-electron chi connectivity index (χ4n) is 3.06. The fourth-order valence-corrected chi connectivity index (χ4v) is 3.06. The van der Waals surface area contributed by atoms with Crippen LogP contribution in [0, 0.1) is 0 Å². The molecule has 0 spiro atoms. The Balaban J connectivity index is 0.00000225. The lowest BCUT2D eigenvalue weighted by molar-refractivity contribution is 0.723. The molecule has 0 saturated heterocycles. The van der Waals surface area contributed by atoms with Crippen molar-refractivity contribution >= 4 is 35.6 Å². The summed E-state index contributed by atoms with van der Waals surface area (Å²) >= 11 is 0. The van der Waals surface area contributed by atoms with Gasteiger partial charge in [-0.05, 0) is 43.0 Å². The third kappa shape index (κ3) is 5.36. The standard InChI is InChI=1S/C20H26N4.HI/c1-15(2)23-20(21)22-13-16-7-9-17(10-8-16)14-24-12-11-18-5-3-4-6-19(18)24;/h3-10,15H,11-14H2,1-2H3,(H3,21,22,23);1H. The first kappa shape index (κ1) is 19.6. The number of nitrogens with two attached hydrogens (primary N) is 1. The first-order valence-electron chi connectivity index (χ1n) is 8.59. The molecule has 0 amide bonds. The largest absolute Gasteiger partial charge is 0.370 e. The zero-order chi connectivity index (χ0) is 16.9. The molecular weight excluding hydrogens is 423 g/mol. The topological polar surface area (TPSA) is 53.6 Å². The molecule has 134 valence electrons. The molecule has 4 nitrogen and oxygen atoms in total. The van der Waals surface area contributed by atoms with E-state index in [-0.39, 0.29) is 24.0 Å². The van der Waals surface area contributed by atoms with Gasteiger partial charge in [0.1, 0.15) is 0 Å². The van der Waals surface area contributed by atoms with Crippen LogP contribution in [0.15, 0.2) is 53.5 Å². The summed E-state index contributed by atoms with van der Waals surface area (Å²) in [4.78, 5) is 6.82. The number of guanidine groups is 1. The molecule has 5 heteroatoms. The summed E-state index contributed by atoms with van der Waals surface area (Å²) < 4.78 is 0. The van der Waals surface area contributed by atoms with Crippen molar-refractivity contribution in [2.24, 2.45) is 10.7 Å². The maximum absolute atomic E-state index is 5.84. The number of aliphatic imine (C=N–C) groups is 1. The minimum Gasteiger partial charge on any atom is -0.370 e.